The number of carbonyl (C=O) groups is 1. The Labute approximate surface area is 112 Å². The van der Waals surface area contributed by atoms with Crippen LogP contribution in [-0.4, -0.2) is 25.2 Å². The second kappa shape index (κ2) is 6.76. The average molecular weight is 268 g/mol. The van der Waals surface area contributed by atoms with Crippen molar-refractivity contribution < 1.29 is 9.53 Å². The number of nitrogens with one attached hydrogen (secondary N) is 1. The van der Waals surface area contributed by atoms with E-state index in [4.69, 9.17) is 16.3 Å². The van der Waals surface area contributed by atoms with Crippen LogP contribution in [0.15, 0.2) is 24.3 Å². The molecule has 1 fully saturated rings. The summed E-state index contributed by atoms with van der Waals surface area (Å²) in [5.74, 6) is 0.0795. The van der Waals surface area contributed by atoms with Crippen molar-refractivity contribution in [3.8, 4) is 0 Å². The number of hydrogen-bond donors (Lipinski definition) is 1. The van der Waals surface area contributed by atoms with Crippen molar-refractivity contribution in [2.24, 2.45) is 0 Å². The molecule has 1 N–H and O–H groups in total. The molecule has 0 radical (unpaired) electrons. The van der Waals surface area contributed by atoms with Crippen LogP contribution in [0.3, 0.4) is 0 Å². The molecule has 1 aromatic rings. The summed E-state index contributed by atoms with van der Waals surface area (Å²) in [6.07, 6.45) is 3.52. The monoisotopic (exact) mass is 267 g/mol. The molecule has 18 heavy (non-hydrogen) atoms. The second-order valence-electron chi connectivity index (χ2n) is 4.57. The number of carbonyl (C=O) groups excluding carboxylic acids is 1. The number of amides is 1. The zero-order valence-electron chi connectivity index (χ0n) is 10.3. The fourth-order valence-electron chi connectivity index (χ4n) is 2.08. The molecule has 1 saturated heterocycles. The van der Waals surface area contributed by atoms with E-state index in [0.29, 0.717) is 13.0 Å². The SMILES string of the molecule is O=C(CC1CCCO1)NCCc1ccc(Cl)cc1. The molecular formula is C14H18ClNO2. The first-order valence-corrected chi connectivity index (χ1v) is 6.74. The summed E-state index contributed by atoms with van der Waals surface area (Å²) >= 11 is 5.81. The van der Waals surface area contributed by atoms with Gasteiger partial charge >= 0.3 is 0 Å². The van der Waals surface area contributed by atoms with Gasteiger partial charge in [0, 0.05) is 18.2 Å². The van der Waals surface area contributed by atoms with Gasteiger partial charge in [-0.05, 0) is 37.0 Å². The second-order valence-corrected chi connectivity index (χ2v) is 5.00. The maximum atomic E-state index is 11.6. The van der Waals surface area contributed by atoms with Crippen molar-refractivity contribution in [1.29, 1.82) is 0 Å². The van der Waals surface area contributed by atoms with Crippen molar-refractivity contribution in [3.05, 3.63) is 34.9 Å². The van der Waals surface area contributed by atoms with Gasteiger partial charge in [0.25, 0.3) is 0 Å². The third kappa shape index (κ3) is 4.31. The Balaban J connectivity index is 1.65. The summed E-state index contributed by atoms with van der Waals surface area (Å²) in [5, 5.41) is 3.66. The molecule has 1 aliphatic rings. The van der Waals surface area contributed by atoms with Gasteiger partial charge in [-0.2, -0.15) is 0 Å². The lowest BCUT2D eigenvalue weighted by atomic mass is 10.1. The van der Waals surface area contributed by atoms with E-state index in [0.717, 1.165) is 30.9 Å². The Bertz CT molecular complexity index is 385. The average Bonchev–Trinajstić information content (AvgIpc) is 2.84. The Morgan fingerprint density at radius 2 is 2.17 bits per heavy atom. The smallest absolute Gasteiger partial charge is 0.222 e. The molecule has 0 aromatic heterocycles. The van der Waals surface area contributed by atoms with Crippen LogP contribution >= 0.6 is 11.6 Å². The topological polar surface area (TPSA) is 38.3 Å². The van der Waals surface area contributed by atoms with Gasteiger partial charge in [-0.3, -0.25) is 4.79 Å². The third-order valence-corrected chi connectivity index (χ3v) is 3.34. The van der Waals surface area contributed by atoms with Gasteiger partial charge in [0.05, 0.1) is 12.5 Å². The summed E-state index contributed by atoms with van der Waals surface area (Å²) in [7, 11) is 0. The van der Waals surface area contributed by atoms with Gasteiger partial charge in [0.1, 0.15) is 0 Å². The summed E-state index contributed by atoms with van der Waals surface area (Å²) in [5.41, 5.74) is 1.18. The van der Waals surface area contributed by atoms with Gasteiger partial charge < -0.3 is 10.1 Å². The van der Waals surface area contributed by atoms with Crippen LogP contribution in [-0.2, 0) is 16.0 Å². The molecule has 1 unspecified atom stereocenters. The van der Waals surface area contributed by atoms with Gasteiger partial charge in [-0.25, -0.2) is 0 Å². The van der Waals surface area contributed by atoms with E-state index in [-0.39, 0.29) is 12.0 Å². The van der Waals surface area contributed by atoms with Crippen LogP contribution in [0.5, 0.6) is 0 Å². The van der Waals surface area contributed by atoms with E-state index in [9.17, 15) is 4.79 Å². The van der Waals surface area contributed by atoms with Crippen LogP contribution < -0.4 is 5.32 Å². The Morgan fingerprint density at radius 3 is 2.83 bits per heavy atom. The molecule has 0 aliphatic carbocycles. The van der Waals surface area contributed by atoms with E-state index < -0.39 is 0 Å². The maximum absolute atomic E-state index is 11.6. The van der Waals surface area contributed by atoms with E-state index in [1.165, 1.54) is 5.56 Å². The molecule has 4 heteroatoms. The fourth-order valence-corrected chi connectivity index (χ4v) is 2.21. The van der Waals surface area contributed by atoms with E-state index >= 15 is 0 Å². The molecule has 2 rings (SSSR count). The first-order valence-electron chi connectivity index (χ1n) is 6.37. The van der Waals surface area contributed by atoms with Crippen molar-refractivity contribution in [2.45, 2.75) is 31.8 Å². The standard InChI is InChI=1S/C14H18ClNO2/c15-12-5-3-11(4-6-12)7-8-16-14(17)10-13-2-1-9-18-13/h3-6,13H,1-2,7-10H2,(H,16,17). The lowest BCUT2D eigenvalue weighted by Gasteiger charge is -2.09. The predicted octanol–water partition coefficient (Wildman–Crippen LogP) is 2.57. The van der Waals surface area contributed by atoms with Crippen molar-refractivity contribution in [3.63, 3.8) is 0 Å². The Morgan fingerprint density at radius 1 is 1.39 bits per heavy atom. The van der Waals surface area contributed by atoms with Gasteiger partial charge in [-0.1, -0.05) is 23.7 Å². The van der Waals surface area contributed by atoms with Gasteiger partial charge in [0.2, 0.25) is 5.91 Å². The molecule has 3 nitrogen and oxygen atoms in total. The first kappa shape index (κ1) is 13.4. The maximum Gasteiger partial charge on any atom is 0.222 e. The van der Waals surface area contributed by atoms with Crippen molar-refractivity contribution >= 4 is 17.5 Å². The minimum absolute atomic E-state index is 0.0795. The van der Waals surface area contributed by atoms with Gasteiger partial charge in [0.15, 0.2) is 0 Å². The molecule has 0 spiro atoms. The van der Waals surface area contributed by atoms with Crippen LogP contribution in [0, 0.1) is 0 Å². The number of rotatable bonds is 5. The zero-order chi connectivity index (χ0) is 12.8. The minimum Gasteiger partial charge on any atom is -0.378 e. The third-order valence-electron chi connectivity index (χ3n) is 3.09. The highest BCUT2D eigenvalue weighted by atomic mass is 35.5. The number of hydrogen-bond acceptors (Lipinski definition) is 2. The number of halogens is 1. The first-order chi connectivity index (χ1) is 8.74. The van der Waals surface area contributed by atoms with Crippen molar-refractivity contribution in [1.82, 2.24) is 5.32 Å². The number of benzene rings is 1. The molecular weight excluding hydrogens is 250 g/mol. The highest BCUT2D eigenvalue weighted by Crippen LogP contribution is 2.15. The predicted molar refractivity (Wildman–Crippen MR) is 71.8 cm³/mol. The van der Waals surface area contributed by atoms with E-state index in [1.807, 2.05) is 24.3 Å². The Hall–Kier alpha value is -1.06. The molecule has 0 bridgehead atoms. The lowest BCUT2D eigenvalue weighted by Crippen LogP contribution is -2.28. The summed E-state index contributed by atoms with van der Waals surface area (Å²) < 4.78 is 5.43. The largest absolute Gasteiger partial charge is 0.378 e. The minimum atomic E-state index is 0.0795. The quantitative estimate of drug-likeness (QED) is 0.890. The van der Waals surface area contributed by atoms with Gasteiger partial charge in [-0.15, -0.1) is 0 Å². The summed E-state index contributed by atoms with van der Waals surface area (Å²) in [6.45, 7) is 1.45. The molecule has 1 atom stereocenters. The van der Waals surface area contributed by atoms with Crippen LogP contribution in [0.2, 0.25) is 5.02 Å². The molecule has 1 heterocycles. The summed E-state index contributed by atoms with van der Waals surface area (Å²) in [6, 6.07) is 7.69. The normalized spacial score (nSPS) is 18.8. The molecule has 1 aromatic carbocycles. The Kier molecular flexibility index (Phi) is 5.02. The summed E-state index contributed by atoms with van der Waals surface area (Å²) in [4.78, 5) is 11.6. The van der Waals surface area contributed by atoms with Crippen LogP contribution in [0.4, 0.5) is 0 Å². The highest BCUT2D eigenvalue weighted by Gasteiger charge is 2.18. The van der Waals surface area contributed by atoms with Crippen LogP contribution in [0.25, 0.3) is 0 Å². The van der Waals surface area contributed by atoms with Crippen LogP contribution in [0.1, 0.15) is 24.8 Å². The van der Waals surface area contributed by atoms with Crippen molar-refractivity contribution in [2.75, 3.05) is 13.2 Å². The molecule has 1 aliphatic heterocycles. The highest BCUT2D eigenvalue weighted by molar-refractivity contribution is 6.30. The fraction of sp³-hybridized carbons (Fsp3) is 0.500. The van der Waals surface area contributed by atoms with E-state index in [2.05, 4.69) is 5.32 Å². The molecule has 98 valence electrons. The molecule has 1 amide bonds. The van der Waals surface area contributed by atoms with E-state index in [1.54, 1.807) is 0 Å². The number of ether oxygens (including phenoxy) is 1. The molecule has 0 saturated carbocycles. The lowest BCUT2D eigenvalue weighted by molar-refractivity contribution is -0.123. The zero-order valence-corrected chi connectivity index (χ0v) is 11.1.